The summed E-state index contributed by atoms with van der Waals surface area (Å²) in [6.07, 6.45) is 1.34. The average Bonchev–Trinajstić information content (AvgIpc) is 2.96. The second-order valence-corrected chi connectivity index (χ2v) is 5.59. The number of nitrogens with one attached hydrogen (secondary N) is 2. The van der Waals surface area contributed by atoms with E-state index in [9.17, 15) is 9.18 Å². The second-order valence-electron chi connectivity index (χ2n) is 4.65. The van der Waals surface area contributed by atoms with Crippen LogP contribution in [0.5, 0.6) is 0 Å². The molecule has 0 aliphatic rings. The fourth-order valence-electron chi connectivity index (χ4n) is 1.84. The highest BCUT2D eigenvalue weighted by atomic mass is 32.1. The number of aryl methyl sites for hydroxylation is 1. The molecule has 1 aromatic carbocycles. The molecule has 0 unspecified atom stereocenters. The lowest BCUT2D eigenvalue weighted by molar-refractivity contribution is 0.187. The van der Waals surface area contributed by atoms with Crippen molar-refractivity contribution in [3.8, 4) is 0 Å². The summed E-state index contributed by atoms with van der Waals surface area (Å²) in [6, 6.07) is 4.42. The van der Waals surface area contributed by atoms with Gasteiger partial charge in [0.05, 0.1) is 30.0 Å². The first-order valence-electron chi connectivity index (χ1n) is 6.94. The summed E-state index contributed by atoms with van der Waals surface area (Å²) in [5.41, 5.74) is 1.71. The minimum absolute atomic E-state index is 0.0711. The normalized spacial score (nSPS) is 10.3. The third-order valence-electron chi connectivity index (χ3n) is 2.93. The fraction of sp³-hybridized carbons (Fsp3) is 0.333. The van der Waals surface area contributed by atoms with Crippen LogP contribution >= 0.6 is 11.3 Å². The topological polar surface area (TPSA) is 63.2 Å². The molecule has 0 saturated carbocycles. The standard InChI is InChI=1S/C15H18FN3O2S/c1-3-4-14-18-11(9-22-14)8-17-10-5-6-12(16)13(7-10)19-15(20)21-2/h5-7,9,17H,3-4,8H2,1-2H3,(H,19,20). The van der Waals surface area contributed by atoms with Gasteiger partial charge in [0.2, 0.25) is 0 Å². The molecule has 0 fully saturated rings. The Morgan fingerprint density at radius 2 is 2.27 bits per heavy atom. The van der Waals surface area contributed by atoms with Crippen LogP contribution in [-0.2, 0) is 17.7 Å². The Hall–Kier alpha value is -2.15. The zero-order chi connectivity index (χ0) is 15.9. The number of aromatic nitrogens is 1. The molecule has 2 N–H and O–H groups in total. The molecule has 118 valence electrons. The van der Waals surface area contributed by atoms with Crippen LogP contribution in [0, 0.1) is 5.82 Å². The zero-order valence-corrected chi connectivity index (χ0v) is 13.3. The number of amides is 1. The van der Waals surface area contributed by atoms with E-state index in [1.165, 1.54) is 19.2 Å². The molecule has 1 aromatic heterocycles. The number of ether oxygens (including phenoxy) is 1. The first kappa shape index (κ1) is 16.2. The lowest BCUT2D eigenvalue weighted by atomic mass is 10.2. The van der Waals surface area contributed by atoms with Crippen molar-refractivity contribution in [2.75, 3.05) is 17.7 Å². The van der Waals surface area contributed by atoms with Crippen molar-refractivity contribution in [1.29, 1.82) is 0 Å². The molecule has 1 amide bonds. The van der Waals surface area contributed by atoms with E-state index in [1.807, 2.05) is 5.38 Å². The number of rotatable bonds is 6. The van der Waals surface area contributed by atoms with Crippen molar-refractivity contribution in [3.63, 3.8) is 0 Å². The molecule has 22 heavy (non-hydrogen) atoms. The minimum atomic E-state index is -0.709. The Morgan fingerprint density at radius 3 is 3.00 bits per heavy atom. The van der Waals surface area contributed by atoms with Gasteiger partial charge in [-0.1, -0.05) is 6.92 Å². The maximum atomic E-state index is 13.6. The molecule has 0 aliphatic carbocycles. The number of carbonyl (C=O) groups is 1. The van der Waals surface area contributed by atoms with Crippen LogP contribution < -0.4 is 10.6 Å². The summed E-state index contributed by atoms with van der Waals surface area (Å²) in [7, 11) is 1.23. The van der Waals surface area contributed by atoms with E-state index in [0.29, 0.717) is 12.2 Å². The first-order valence-corrected chi connectivity index (χ1v) is 7.82. The molecular formula is C15H18FN3O2S. The molecule has 0 saturated heterocycles. The van der Waals surface area contributed by atoms with Gasteiger partial charge >= 0.3 is 6.09 Å². The van der Waals surface area contributed by atoms with Crippen molar-refractivity contribution < 1.29 is 13.9 Å². The lowest BCUT2D eigenvalue weighted by Gasteiger charge is -2.09. The summed E-state index contributed by atoms with van der Waals surface area (Å²) in [6.45, 7) is 2.66. The van der Waals surface area contributed by atoms with Gasteiger partial charge in [-0.05, 0) is 31.0 Å². The molecule has 0 bridgehead atoms. The number of carbonyl (C=O) groups excluding carboxylic acids is 1. The van der Waals surface area contributed by atoms with E-state index in [4.69, 9.17) is 0 Å². The van der Waals surface area contributed by atoms with Crippen LogP contribution in [0.4, 0.5) is 20.6 Å². The van der Waals surface area contributed by atoms with Gasteiger partial charge in [0.25, 0.3) is 0 Å². The van der Waals surface area contributed by atoms with Gasteiger partial charge in [0, 0.05) is 11.1 Å². The van der Waals surface area contributed by atoms with Gasteiger partial charge in [0.15, 0.2) is 0 Å². The minimum Gasteiger partial charge on any atom is -0.453 e. The predicted molar refractivity (Wildman–Crippen MR) is 85.9 cm³/mol. The Labute approximate surface area is 132 Å². The first-order chi connectivity index (χ1) is 10.6. The number of benzene rings is 1. The molecule has 0 spiro atoms. The van der Waals surface area contributed by atoms with Crippen LogP contribution in [0.25, 0.3) is 0 Å². The van der Waals surface area contributed by atoms with E-state index < -0.39 is 11.9 Å². The summed E-state index contributed by atoms with van der Waals surface area (Å²) in [5, 5.41) is 8.62. The second kappa shape index (κ2) is 7.74. The average molecular weight is 323 g/mol. The number of thiazole rings is 1. The lowest BCUT2D eigenvalue weighted by Crippen LogP contribution is -2.12. The summed E-state index contributed by atoms with van der Waals surface area (Å²) >= 11 is 1.64. The number of halogens is 1. The quantitative estimate of drug-likeness (QED) is 0.842. The van der Waals surface area contributed by atoms with Crippen LogP contribution in [0.15, 0.2) is 23.6 Å². The van der Waals surface area contributed by atoms with Gasteiger partial charge in [-0.15, -0.1) is 11.3 Å². The molecular weight excluding hydrogens is 305 g/mol. The van der Waals surface area contributed by atoms with Gasteiger partial charge < -0.3 is 10.1 Å². The Balaban J connectivity index is 2.00. The summed E-state index contributed by atoms with van der Waals surface area (Å²) in [5.74, 6) is -0.519. The van der Waals surface area contributed by atoms with Gasteiger partial charge in [-0.25, -0.2) is 14.2 Å². The molecule has 0 aliphatic heterocycles. The van der Waals surface area contributed by atoms with Crippen LogP contribution in [0.1, 0.15) is 24.0 Å². The van der Waals surface area contributed by atoms with Crippen molar-refractivity contribution in [2.24, 2.45) is 0 Å². The van der Waals surface area contributed by atoms with E-state index in [-0.39, 0.29) is 5.69 Å². The molecule has 0 radical (unpaired) electrons. The third kappa shape index (κ3) is 4.42. The van der Waals surface area contributed by atoms with Crippen molar-refractivity contribution in [3.05, 3.63) is 40.1 Å². The molecule has 2 aromatic rings. The van der Waals surface area contributed by atoms with E-state index in [2.05, 4.69) is 27.3 Å². The van der Waals surface area contributed by atoms with Crippen molar-refractivity contribution >= 4 is 28.8 Å². The molecule has 7 heteroatoms. The van der Waals surface area contributed by atoms with E-state index >= 15 is 0 Å². The Kier molecular flexibility index (Phi) is 5.71. The van der Waals surface area contributed by atoms with Crippen molar-refractivity contribution in [1.82, 2.24) is 4.98 Å². The zero-order valence-electron chi connectivity index (χ0n) is 12.5. The molecule has 5 nitrogen and oxygen atoms in total. The smallest absolute Gasteiger partial charge is 0.411 e. The van der Waals surface area contributed by atoms with Gasteiger partial charge in [-0.3, -0.25) is 5.32 Å². The number of hydrogen-bond acceptors (Lipinski definition) is 5. The maximum absolute atomic E-state index is 13.6. The van der Waals surface area contributed by atoms with Crippen LogP contribution in [-0.4, -0.2) is 18.2 Å². The predicted octanol–water partition coefficient (Wildman–Crippen LogP) is 4.03. The van der Waals surface area contributed by atoms with Gasteiger partial charge in [0.1, 0.15) is 5.82 Å². The number of anilines is 2. The highest BCUT2D eigenvalue weighted by Crippen LogP contribution is 2.21. The number of methoxy groups -OCH3 is 1. The van der Waals surface area contributed by atoms with E-state index in [0.717, 1.165) is 23.5 Å². The Bertz CT molecular complexity index is 645. The number of hydrogen-bond donors (Lipinski definition) is 2. The largest absolute Gasteiger partial charge is 0.453 e. The molecule has 1 heterocycles. The highest BCUT2D eigenvalue weighted by Gasteiger charge is 2.08. The fourth-order valence-corrected chi connectivity index (χ4v) is 2.74. The maximum Gasteiger partial charge on any atom is 0.411 e. The van der Waals surface area contributed by atoms with Crippen molar-refractivity contribution in [2.45, 2.75) is 26.3 Å². The van der Waals surface area contributed by atoms with Crippen LogP contribution in [0.2, 0.25) is 0 Å². The monoisotopic (exact) mass is 323 g/mol. The molecule has 2 rings (SSSR count). The SMILES string of the molecule is CCCc1nc(CNc2ccc(F)c(NC(=O)OC)c2)cs1. The number of nitrogens with zero attached hydrogens (tertiary/aromatic N) is 1. The molecule has 0 atom stereocenters. The Morgan fingerprint density at radius 1 is 1.45 bits per heavy atom. The van der Waals surface area contributed by atoms with E-state index in [1.54, 1.807) is 17.4 Å². The highest BCUT2D eigenvalue weighted by molar-refractivity contribution is 7.09. The third-order valence-corrected chi connectivity index (χ3v) is 3.88. The summed E-state index contributed by atoms with van der Waals surface area (Å²) in [4.78, 5) is 15.7. The van der Waals surface area contributed by atoms with Gasteiger partial charge in [-0.2, -0.15) is 0 Å². The summed E-state index contributed by atoms with van der Waals surface area (Å²) < 4.78 is 18.1. The van der Waals surface area contributed by atoms with Crippen LogP contribution in [0.3, 0.4) is 0 Å².